The van der Waals surface area contributed by atoms with E-state index in [4.69, 9.17) is 4.74 Å². The number of hydrogen-bond donors (Lipinski definition) is 0. The van der Waals surface area contributed by atoms with E-state index in [1.807, 2.05) is 20.8 Å². The minimum absolute atomic E-state index is 0.0104. The van der Waals surface area contributed by atoms with Gasteiger partial charge in [0.2, 0.25) is 0 Å². The zero-order valence-electron chi connectivity index (χ0n) is 11.9. The van der Waals surface area contributed by atoms with Crippen molar-refractivity contribution in [3.05, 3.63) is 35.9 Å². The molecule has 2 heteroatoms. The Morgan fingerprint density at radius 2 is 1.79 bits per heavy atom. The summed E-state index contributed by atoms with van der Waals surface area (Å²) < 4.78 is 5.47. The molecular weight excluding hydrogens is 236 g/mol. The highest BCUT2D eigenvalue weighted by molar-refractivity contribution is 5.76. The Kier molecular flexibility index (Phi) is 2.92. The number of carbonyl (C=O) groups is 1. The Balaban J connectivity index is 1.54. The summed E-state index contributed by atoms with van der Waals surface area (Å²) in [6.07, 6.45) is 2.27. The van der Waals surface area contributed by atoms with Gasteiger partial charge in [0.25, 0.3) is 0 Å². The van der Waals surface area contributed by atoms with Crippen LogP contribution in [0.5, 0.6) is 0 Å². The summed E-state index contributed by atoms with van der Waals surface area (Å²) in [4.78, 5) is 12.0. The first-order chi connectivity index (χ1) is 8.96. The lowest BCUT2D eigenvalue weighted by molar-refractivity contribution is -0.156. The predicted molar refractivity (Wildman–Crippen MR) is 74.7 cm³/mol. The molecule has 0 aromatic heterocycles. The molecule has 1 aromatic carbocycles. The first-order valence-corrected chi connectivity index (χ1v) is 7.23. The molecule has 0 amide bonds. The minimum Gasteiger partial charge on any atom is -0.460 e. The first-order valence-electron chi connectivity index (χ1n) is 7.23. The van der Waals surface area contributed by atoms with Crippen molar-refractivity contribution >= 4 is 5.97 Å². The molecule has 0 saturated heterocycles. The van der Waals surface area contributed by atoms with Gasteiger partial charge in [0, 0.05) is 0 Å². The van der Waals surface area contributed by atoms with E-state index in [0.717, 1.165) is 6.42 Å². The average Bonchev–Trinajstić information content (AvgIpc) is 3.20. The number of esters is 1. The van der Waals surface area contributed by atoms with E-state index in [1.54, 1.807) is 0 Å². The third-order valence-electron chi connectivity index (χ3n) is 4.17. The van der Waals surface area contributed by atoms with E-state index in [2.05, 4.69) is 30.3 Å². The molecule has 0 radical (unpaired) electrons. The van der Waals surface area contributed by atoms with Crippen molar-refractivity contribution in [2.75, 3.05) is 0 Å². The maximum absolute atomic E-state index is 12.0. The summed E-state index contributed by atoms with van der Waals surface area (Å²) >= 11 is 0. The maximum Gasteiger partial charge on any atom is 0.309 e. The van der Waals surface area contributed by atoms with Crippen molar-refractivity contribution in [3.8, 4) is 0 Å². The quantitative estimate of drug-likeness (QED) is 0.771. The molecule has 0 spiro atoms. The summed E-state index contributed by atoms with van der Waals surface area (Å²) in [5.41, 5.74) is 1.08. The number of hydrogen-bond acceptors (Lipinski definition) is 2. The summed E-state index contributed by atoms with van der Waals surface area (Å²) in [6.45, 7) is 5.81. The molecule has 0 unspecified atom stereocenters. The van der Waals surface area contributed by atoms with Crippen molar-refractivity contribution in [3.63, 3.8) is 0 Å². The molecule has 19 heavy (non-hydrogen) atoms. The highest BCUT2D eigenvalue weighted by Gasteiger charge is 2.57. The zero-order chi connectivity index (χ0) is 13.6. The van der Waals surface area contributed by atoms with E-state index >= 15 is 0 Å². The van der Waals surface area contributed by atoms with Gasteiger partial charge in [-0.1, -0.05) is 30.3 Å². The van der Waals surface area contributed by atoms with Crippen LogP contribution >= 0.6 is 0 Å². The Morgan fingerprint density at radius 1 is 1.11 bits per heavy atom. The van der Waals surface area contributed by atoms with E-state index in [0.29, 0.717) is 17.8 Å². The topological polar surface area (TPSA) is 26.3 Å². The largest absolute Gasteiger partial charge is 0.460 e. The number of rotatable bonds is 3. The minimum atomic E-state index is -0.355. The second-order valence-electron chi connectivity index (χ2n) is 6.96. The van der Waals surface area contributed by atoms with Gasteiger partial charge < -0.3 is 4.74 Å². The standard InChI is InChI=1S/C17H22O2/c1-17(2,3)19-16(18)15-10-14(15)13-9-12(13)11-7-5-4-6-8-11/h4-8,12-15H,9-10H2,1-3H3/t12-,13-,14+,15-/m0/s1. The molecule has 102 valence electrons. The molecule has 1 aromatic rings. The Morgan fingerprint density at radius 3 is 2.42 bits per heavy atom. The van der Waals surface area contributed by atoms with Gasteiger partial charge in [-0.05, 0) is 56.9 Å². The van der Waals surface area contributed by atoms with Crippen LogP contribution in [0.4, 0.5) is 0 Å². The van der Waals surface area contributed by atoms with Gasteiger partial charge in [0.1, 0.15) is 5.60 Å². The molecule has 2 nitrogen and oxygen atoms in total. The van der Waals surface area contributed by atoms with Crippen LogP contribution in [0, 0.1) is 17.8 Å². The Labute approximate surface area is 115 Å². The second kappa shape index (κ2) is 4.36. The van der Waals surface area contributed by atoms with Gasteiger partial charge in [-0.15, -0.1) is 0 Å². The van der Waals surface area contributed by atoms with Crippen LogP contribution in [-0.2, 0) is 9.53 Å². The Bertz CT molecular complexity index is 472. The number of carbonyl (C=O) groups excluding carboxylic acids is 1. The molecule has 0 bridgehead atoms. The summed E-state index contributed by atoms with van der Waals surface area (Å²) in [7, 11) is 0. The monoisotopic (exact) mass is 258 g/mol. The molecule has 0 heterocycles. The first kappa shape index (κ1) is 12.7. The third-order valence-corrected chi connectivity index (χ3v) is 4.17. The van der Waals surface area contributed by atoms with Crippen molar-refractivity contribution in [2.45, 2.75) is 45.1 Å². The fourth-order valence-corrected chi connectivity index (χ4v) is 3.11. The van der Waals surface area contributed by atoms with Crippen molar-refractivity contribution < 1.29 is 9.53 Å². The number of benzene rings is 1. The van der Waals surface area contributed by atoms with Crippen LogP contribution in [0.15, 0.2) is 30.3 Å². The fraction of sp³-hybridized carbons (Fsp3) is 0.588. The van der Waals surface area contributed by atoms with Crippen LogP contribution in [0.25, 0.3) is 0 Å². The molecular formula is C17H22O2. The van der Waals surface area contributed by atoms with Crippen LogP contribution in [0.3, 0.4) is 0 Å². The van der Waals surface area contributed by atoms with Crippen molar-refractivity contribution in [1.82, 2.24) is 0 Å². The average molecular weight is 258 g/mol. The van der Waals surface area contributed by atoms with E-state index in [1.165, 1.54) is 12.0 Å². The highest BCUT2D eigenvalue weighted by atomic mass is 16.6. The fourth-order valence-electron chi connectivity index (χ4n) is 3.11. The molecule has 2 saturated carbocycles. The maximum atomic E-state index is 12.0. The van der Waals surface area contributed by atoms with Crippen LogP contribution in [0.1, 0.15) is 45.1 Å². The zero-order valence-corrected chi connectivity index (χ0v) is 11.9. The molecule has 3 rings (SSSR count). The van der Waals surface area contributed by atoms with Crippen LogP contribution < -0.4 is 0 Å². The molecule has 2 aliphatic rings. The second-order valence-corrected chi connectivity index (χ2v) is 6.96. The van der Waals surface area contributed by atoms with Gasteiger partial charge in [0.05, 0.1) is 5.92 Å². The van der Waals surface area contributed by atoms with E-state index in [-0.39, 0.29) is 17.5 Å². The molecule has 2 aliphatic carbocycles. The summed E-state index contributed by atoms with van der Waals surface area (Å²) in [5, 5.41) is 0. The Hall–Kier alpha value is -1.31. The van der Waals surface area contributed by atoms with Crippen molar-refractivity contribution in [2.24, 2.45) is 17.8 Å². The van der Waals surface area contributed by atoms with E-state index < -0.39 is 0 Å². The third kappa shape index (κ3) is 2.83. The van der Waals surface area contributed by atoms with Crippen LogP contribution in [0.2, 0.25) is 0 Å². The highest BCUT2D eigenvalue weighted by Crippen LogP contribution is 2.62. The lowest BCUT2D eigenvalue weighted by atomic mass is 10.1. The van der Waals surface area contributed by atoms with Crippen molar-refractivity contribution in [1.29, 1.82) is 0 Å². The SMILES string of the molecule is CC(C)(C)OC(=O)[C@H]1C[C@@H]1[C@H]1C[C@H]1c1ccccc1. The predicted octanol–water partition coefficient (Wildman–Crippen LogP) is 3.77. The lowest BCUT2D eigenvalue weighted by Gasteiger charge is -2.19. The normalized spacial score (nSPS) is 32.8. The van der Waals surface area contributed by atoms with Gasteiger partial charge in [-0.2, -0.15) is 0 Å². The summed E-state index contributed by atoms with van der Waals surface area (Å²) in [6, 6.07) is 10.7. The molecule has 2 fully saturated rings. The van der Waals surface area contributed by atoms with Gasteiger partial charge >= 0.3 is 5.97 Å². The molecule has 0 N–H and O–H groups in total. The van der Waals surface area contributed by atoms with Crippen LogP contribution in [-0.4, -0.2) is 11.6 Å². The smallest absolute Gasteiger partial charge is 0.309 e. The molecule has 0 aliphatic heterocycles. The van der Waals surface area contributed by atoms with E-state index in [9.17, 15) is 4.79 Å². The number of ether oxygens (including phenoxy) is 1. The summed E-state index contributed by atoms with van der Waals surface area (Å²) in [5.74, 6) is 2.13. The van der Waals surface area contributed by atoms with Gasteiger partial charge in [-0.25, -0.2) is 0 Å². The molecule has 4 atom stereocenters. The lowest BCUT2D eigenvalue weighted by Crippen LogP contribution is -2.25. The van der Waals surface area contributed by atoms with Gasteiger partial charge in [0.15, 0.2) is 0 Å². The van der Waals surface area contributed by atoms with Gasteiger partial charge in [-0.3, -0.25) is 4.79 Å².